The molecule has 2 N–H and O–H groups in total. The first-order valence-electron chi connectivity index (χ1n) is 11.9. The number of likely N-dealkylation sites (tertiary alicyclic amines) is 1. The number of carbonyl (C=O) groups excluding carboxylic acids is 1. The van der Waals surface area contributed by atoms with E-state index in [0.29, 0.717) is 24.1 Å². The summed E-state index contributed by atoms with van der Waals surface area (Å²) in [6.45, 7) is 4.16. The van der Waals surface area contributed by atoms with Crippen molar-refractivity contribution in [3.05, 3.63) is 86.0 Å². The van der Waals surface area contributed by atoms with E-state index in [1.54, 1.807) is 11.3 Å². The van der Waals surface area contributed by atoms with E-state index in [-0.39, 0.29) is 28.4 Å². The molecule has 0 unspecified atom stereocenters. The van der Waals surface area contributed by atoms with Crippen LogP contribution < -0.4 is 10.9 Å². The molecule has 186 valence electrons. The van der Waals surface area contributed by atoms with E-state index in [4.69, 9.17) is 0 Å². The lowest BCUT2D eigenvalue weighted by Crippen LogP contribution is -2.45. The van der Waals surface area contributed by atoms with E-state index in [2.05, 4.69) is 20.2 Å². The fourth-order valence-electron chi connectivity index (χ4n) is 4.76. The van der Waals surface area contributed by atoms with Gasteiger partial charge in [0.1, 0.15) is 11.6 Å². The molecule has 1 saturated heterocycles. The molecule has 0 aliphatic carbocycles. The Hall–Kier alpha value is -3.43. The molecule has 0 radical (unpaired) electrons. The monoisotopic (exact) mass is 508 g/mol. The number of nitrogens with one attached hydrogen (secondary N) is 2. The zero-order valence-electron chi connectivity index (χ0n) is 19.8. The molecule has 0 bridgehead atoms. The van der Waals surface area contributed by atoms with Crippen LogP contribution in [0, 0.1) is 18.6 Å². The highest BCUT2D eigenvalue weighted by Crippen LogP contribution is 2.24. The maximum atomic E-state index is 14.4. The number of halogens is 2. The lowest BCUT2D eigenvalue weighted by Gasteiger charge is -2.32. The molecule has 0 spiro atoms. The summed E-state index contributed by atoms with van der Waals surface area (Å²) >= 11 is 1.58. The van der Waals surface area contributed by atoms with Gasteiger partial charge >= 0.3 is 0 Å². The van der Waals surface area contributed by atoms with Gasteiger partial charge in [0.15, 0.2) is 0 Å². The quantitative estimate of drug-likeness (QED) is 0.397. The molecule has 1 amide bonds. The molecule has 1 fully saturated rings. The molecule has 1 aliphatic rings. The molecule has 9 heteroatoms. The van der Waals surface area contributed by atoms with E-state index in [9.17, 15) is 18.4 Å². The van der Waals surface area contributed by atoms with Crippen LogP contribution >= 0.6 is 11.3 Å². The SMILES string of the molecule is Cc1nc(-c2cccc(C(=O)NC3CCN(CCc4cc(=O)[nH]c5cc(F)cc(F)c45)CC3)c2)cs1. The standard InChI is InChI=1S/C27H26F2N4O2S/c1-16-30-24(15-36-16)17-3-2-4-19(11-17)27(35)31-21-6-9-33(10-7-21)8-5-18-12-25(34)32-23-14-20(28)13-22(29)26(18)23/h2-4,11-15,21H,5-10H2,1H3,(H,31,35)(H,32,34). The number of carbonyl (C=O) groups is 1. The van der Waals surface area contributed by atoms with Crippen LogP contribution in [0.2, 0.25) is 0 Å². The number of nitrogens with zero attached hydrogens (tertiary/aromatic N) is 2. The summed E-state index contributed by atoms with van der Waals surface area (Å²) in [4.78, 5) is 34.1. The van der Waals surface area contributed by atoms with Crippen LogP contribution in [0.4, 0.5) is 8.78 Å². The molecule has 1 aliphatic heterocycles. The number of piperidine rings is 1. The first kappa shape index (κ1) is 24.3. The lowest BCUT2D eigenvalue weighted by atomic mass is 10.0. The average molecular weight is 509 g/mol. The van der Waals surface area contributed by atoms with Gasteiger partial charge in [0.2, 0.25) is 5.56 Å². The molecule has 2 aromatic carbocycles. The Labute approximate surface area is 211 Å². The third kappa shape index (κ3) is 5.37. The molecule has 5 rings (SSSR count). The van der Waals surface area contributed by atoms with E-state index in [0.717, 1.165) is 54.3 Å². The average Bonchev–Trinajstić information content (AvgIpc) is 3.29. The minimum absolute atomic E-state index is 0.0692. The van der Waals surface area contributed by atoms with E-state index < -0.39 is 11.6 Å². The summed E-state index contributed by atoms with van der Waals surface area (Å²) in [6, 6.07) is 10.9. The first-order chi connectivity index (χ1) is 17.4. The van der Waals surface area contributed by atoms with Gasteiger partial charge < -0.3 is 15.2 Å². The minimum atomic E-state index is -0.720. The van der Waals surface area contributed by atoms with Gasteiger partial charge in [-0.25, -0.2) is 13.8 Å². The van der Waals surface area contributed by atoms with Gasteiger partial charge in [0, 0.05) is 59.7 Å². The van der Waals surface area contributed by atoms with Gasteiger partial charge in [0.05, 0.1) is 16.2 Å². The number of benzene rings is 2. The van der Waals surface area contributed by atoms with Gasteiger partial charge in [-0.05, 0) is 49.9 Å². The summed E-state index contributed by atoms with van der Waals surface area (Å²) < 4.78 is 28.0. The zero-order valence-corrected chi connectivity index (χ0v) is 20.6. The Morgan fingerprint density at radius 3 is 2.75 bits per heavy atom. The van der Waals surface area contributed by atoms with Crippen molar-refractivity contribution < 1.29 is 13.6 Å². The van der Waals surface area contributed by atoms with Crippen molar-refractivity contribution in [2.24, 2.45) is 0 Å². The zero-order chi connectivity index (χ0) is 25.2. The van der Waals surface area contributed by atoms with Crippen molar-refractivity contribution in [1.29, 1.82) is 0 Å². The van der Waals surface area contributed by atoms with Crippen molar-refractivity contribution >= 4 is 28.1 Å². The van der Waals surface area contributed by atoms with Crippen LogP contribution in [0.1, 0.15) is 33.8 Å². The smallest absolute Gasteiger partial charge is 0.251 e. The molecule has 3 heterocycles. The fourth-order valence-corrected chi connectivity index (χ4v) is 5.38. The number of fused-ring (bicyclic) bond motifs is 1. The summed E-state index contributed by atoms with van der Waals surface area (Å²) in [7, 11) is 0. The van der Waals surface area contributed by atoms with E-state index >= 15 is 0 Å². The van der Waals surface area contributed by atoms with Crippen molar-refractivity contribution in [3.8, 4) is 11.3 Å². The number of amides is 1. The number of pyridine rings is 1. The van der Waals surface area contributed by atoms with Gasteiger partial charge in [-0.3, -0.25) is 9.59 Å². The molecule has 0 atom stereocenters. The second-order valence-electron chi connectivity index (χ2n) is 9.14. The van der Waals surface area contributed by atoms with Gasteiger partial charge in [-0.15, -0.1) is 11.3 Å². The van der Waals surface area contributed by atoms with Crippen LogP contribution in [0.25, 0.3) is 22.2 Å². The lowest BCUT2D eigenvalue weighted by molar-refractivity contribution is 0.0911. The number of aryl methyl sites for hydroxylation is 1. The summed E-state index contributed by atoms with van der Waals surface area (Å²) in [5, 5.41) is 6.37. The predicted molar refractivity (Wildman–Crippen MR) is 137 cm³/mol. The normalized spacial score (nSPS) is 14.9. The molecular weight excluding hydrogens is 482 g/mol. The van der Waals surface area contributed by atoms with Gasteiger partial charge in [-0.1, -0.05) is 12.1 Å². The molecule has 4 aromatic rings. The second-order valence-corrected chi connectivity index (χ2v) is 10.2. The molecule has 6 nitrogen and oxygen atoms in total. The van der Waals surface area contributed by atoms with Crippen LogP contribution in [0.3, 0.4) is 0 Å². The highest BCUT2D eigenvalue weighted by atomic mass is 32.1. The second kappa shape index (κ2) is 10.3. The van der Waals surface area contributed by atoms with Crippen molar-refractivity contribution in [2.45, 2.75) is 32.2 Å². The number of aromatic amines is 1. The molecule has 2 aromatic heterocycles. The van der Waals surface area contributed by atoms with Crippen LogP contribution in [0.15, 0.2) is 52.6 Å². The maximum absolute atomic E-state index is 14.4. The van der Waals surface area contributed by atoms with Gasteiger partial charge in [-0.2, -0.15) is 0 Å². The Morgan fingerprint density at radius 2 is 2.00 bits per heavy atom. The van der Waals surface area contributed by atoms with Crippen LogP contribution in [-0.4, -0.2) is 46.5 Å². The topological polar surface area (TPSA) is 78.1 Å². The Bertz CT molecular complexity index is 1470. The van der Waals surface area contributed by atoms with E-state index in [1.165, 1.54) is 6.07 Å². The number of thiazole rings is 1. The third-order valence-corrected chi connectivity index (χ3v) is 7.37. The number of aromatic nitrogens is 2. The number of H-pyrrole nitrogens is 1. The minimum Gasteiger partial charge on any atom is -0.349 e. The number of rotatable bonds is 6. The molecular formula is C27H26F2N4O2S. The van der Waals surface area contributed by atoms with Crippen molar-refractivity contribution in [2.75, 3.05) is 19.6 Å². The molecule has 0 saturated carbocycles. The number of hydrogen-bond acceptors (Lipinski definition) is 5. The van der Waals surface area contributed by atoms with Crippen LogP contribution in [0.5, 0.6) is 0 Å². The summed E-state index contributed by atoms with van der Waals surface area (Å²) in [5.74, 6) is -1.49. The summed E-state index contributed by atoms with van der Waals surface area (Å²) in [6.07, 6.45) is 2.07. The highest BCUT2D eigenvalue weighted by molar-refractivity contribution is 7.09. The van der Waals surface area contributed by atoms with Crippen molar-refractivity contribution in [3.63, 3.8) is 0 Å². The van der Waals surface area contributed by atoms with Crippen molar-refractivity contribution in [1.82, 2.24) is 20.2 Å². The predicted octanol–water partition coefficient (Wildman–Crippen LogP) is 4.68. The first-order valence-corrected chi connectivity index (χ1v) is 12.8. The Morgan fingerprint density at radius 1 is 1.19 bits per heavy atom. The Kier molecular flexibility index (Phi) is 6.93. The van der Waals surface area contributed by atoms with Gasteiger partial charge in [0.25, 0.3) is 5.91 Å². The van der Waals surface area contributed by atoms with E-state index in [1.807, 2.05) is 36.6 Å². The highest BCUT2D eigenvalue weighted by Gasteiger charge is 2.22. The fraction of sp³-hybridized carbons (Fsp3) is 0.296. The number of hydrogen-bond donors (Lipinski definition) is 2. The maximum Gasteiger partial charge on any atom is 0.251 e. The largest absolute Gasteiger partial charge is 0.349 e. The summed E-state index contributed by atoms with van der Waals surface area (Å²) in [5.41, 5.74) is 2.77. The third-order valence-electron chi connectivity index (χ3n) is 6.60. The Balaban J connectivity index is 1.17. The molecule has 36 heavy (non-hydrogen) atoms. The van der Waals surface area contributed by atoms with Crippen LogP contribution in [-0.2, 0) is 6.42 Å².